The smallest absolute Gasteiger partial charge is 0.194 e. The Morgan fingerprint density at radius 3 is 2.59 bits per heavy atom. The van der Waals surface area contributed by atoms with Crippen LogP contribution in [0.4, 0.5) is 0 Å². The molecule has 2 N–H and O–H groups in total. The minimum Gasteiger partial charge on any atom is -0.508 e. The molecule has 1 saturated heterocycles. The second-order valence-corrected chi connectivity index (χ2v) is 7.18. The maximum absolute atomic E-state index is 9.51. The van der Waals surface area contributed by atoms with Crippen molar-refractivity contribution in [2.75, 3.05) is 19.6 Å². The number of likely N-dealkylation sites (tertiary alicyclic amines) is 1. The molecule has 0 unspecified atom stereocenters. The van der Waals surface area contributed by atoms with Gasteiger partial charge in [0.25, 0.3) is 0 Å². The van der Waals surface area contributed by atoms with E-state index in [1.54, 1.807) is 12.1 Å². The highest BCUT2D eigenvalue weighted by Crippen LogP contribution is 2.46. The highest BCUT2D eigenvalue weighted by Gasteiger charge is 2.53. The monoisotopic (exact) mass is 303 g/mol. The number of hydrogen-bond donors (Lipinski definition) is 2. The van der Waals surface area contributed by atoms with Crippen LogP contribution in [0.5, 0.6) is 5.75 Å². The van der Waals surface area contributed by atoms with Crippen molar-refractivity contribution in [3.63, 3.8) is 0 Å². The molecule has 0 saturated carbocycles. The summed E-state index contributed by atoms with van der Waals surface area (Å²) in [4.78, 5) is 7.13. The molecule has 1 heterocycles. The van der Waals surface area contributed by atoms with Crippen molar-refractivity contribution in [1.29, 1.82) is 0 Å². The molecule has 1 aromatic carbocycles. The minimum atomic E-state index is 0.110. The molecule has 0 spiro atoms. The molecule has 0 radical (unpaired) electrons. The van der Waals surface area contributed by atoms with Gasteiger partial charge in [0.15, 0.2) is 5.96 Å². The van der Waals surface area contributed by atoms with Gasteiger partial charge in [-0.05, 0) is 44.9 Å². The van der Waals surface area contributed by atoms with Gasteiger partial charge in [-0.1, -0.05) is 26.0 Å². The van der Waals surface area contributed by atoms with Crippen molar-refractivity contribution in [2.45, 2.75) is 46.6 Å². The summed E-state index contributed by atoms with van der Waals surface area (Å²) in [6, 6.07) is 7.40. The summed E-state index contributed by atoms with van der Waals surface area (Å²) in [5.74, 6) is 1.31. The number of nitrogens with zero attached hydrogens (tertiary/aromatic N) is 2. The number of aromatic hydroxyl groups is 1. The van der Waals surface area contributed by atoms with Gasteiger partial charge in [0.2, 0.25) is 0 Å². The lowest BCUT2D eigenvalue weighted by molar-refractivity contribution is -0.0667. The Hall–Kier alpha value is -1.71. The Kier molecular flexibility index (Phi) is 4.69. The van der Waals surface area contributed by atoms with Gasteiger partial charge in [0.1, 0.15) is 5.75 Å². The Morgan fingerprint density at radius 1 is 1.32 bits per heavy atom. The summed E-state index contributed by atoms with van der Waals surface area (Å²) in [5.41, 5.74) is 1.52. The number of guanidine groups is 1. The van der Waals surface area contributed by atoms with Crippen LogP contribution in [-0.2, 0) is 6.42 Å². The lowest BCUT2D eigenvalue weighted by atomic mass is 9.65. The minimum absolute atomic E-state index is 0.110. The van der Waals surface area contributed by atoms with Crippen molar-refractivity contribution in [3.05, 3.63) is 29.8 Å². The first-order chi connectivity index (χ1) is 10.3. The lowest BCUT2D eigenvalue weighted by Gasteiger charge is -2.62. The third kappa shape index (κ3) is 3.21. The molecule has 0 atom stereocenters. The van der Waals surface area contributed by atoms with Crippen molar-refractivity contribution in [2.24, 2.45) is 10.4 Å². The highest BCUT2D eigenvalue weighted by atomic mass is 16.3. The first kappa shape index (κ1) is 16.7. The molecular formula is C18H29N3O. The summed E-state index contributed by atoms with van der Waals surface area (Å²) in [5, 5.41) is 12.9. The van der Waals surface area contributed by atoms with Crippen molar-refractivity contribution < 1.29 is 5.11 Å². The summed E-state index contributed by atoms with van der Waals surface area (Å²) >= 11 is 0. The van der Waals surface area contributed by atoms with Crippen LogP contribution in [0.2, 0.25) is 0 Å². The molecule has 122 valence electrons. The van der Waals surface area contributed by atoms with E-state index in [-0.39, 0.29) is 5.54 Å². The molecule has 0 amide bonds. The van der Waals surface area contributed by atoms with Crippen LogP contribution in [-0.4, -0.2) is 41.1 Å². The summed E-state index contributed by atoms with van der Waals surface area (Å²) in [6.45, 7) is 13.9. The Labute approximate surface area is 134 Å². The zero-order valence-corrected chi connectivity index (χ0v) is 14.5. The number of rotatable bonds is 4. The predicted octanol–water partition coefficient (Wildman–Crippen LogP) is 3.02. The topological polar surface area (TPSA) is 47.9 Å². The van der Waals surface area contributed by atoms with Crippen molar-refractivity contribution in [1.82, 2.24) is 10.2 Å². The van der Waals surface area contributed by atoms with Crippen molar-refractivity contribution >= 4 is 5.96 Å². The average molecular weight is 303 g/mol. The van der Waals surface area contributed by atoms with E-state index < -0.39 is 0 Å². The molecule has 0 aromatic heterocycles. The second-order valence-electron chi connectivity index (χ2n) is 7.18. The van der Waals surface area contributed by atoms with Crippen LogP contribution >= 0.6 is 0 Å². The molecular weight excluding hydrogens is 274 g/mol. The van der Waals surface area contributed by atoms with Crippen LogP contribution in [0, 0.1) is 5.41 Å². The largest absolute Gasteiger partial charge is 0.508 e. The van der Waals surface area contributed by atoms with E-state index in [0.717, 1.165) is 37.6 Å². The summed E-state index contributed by atoms with van der Waals surface area (Å²) in [6.07, 6.45) is 0.834. The van der Waals surface area contributed by atoms with Gasteiger partial charge in [-0.3, -0.25) is 4.99 Å². The molecule has 0 aliphatic carbocycles. The molecule has 1 aromatic rings. The lowest BCUT2D eigenvalue weighted by Crippen LogP contribution is -2.72. The fourth-order valence-corrected chi connectivity index (χ4v) is 2.80. The van der Waals surface area contributed by atoms with Gasteiger partial charge in [-0.15, -0.1) is 0 Å². The van der Waals surface area contributed by atoms with E-state index >= 15 is 0 Å². The van der Waals surface area contributed by atoms with E-state index in [1.165, 1.54) is 0 Å². The SMILES string of the molecule is CCNC(=NCCc1cccc(O)c1)N1CC(C)(C)C1(C)C. The first-order valence-corrected chi connectivity index (χ1v) is 8.12. The number of nitrogens with one attached hydrogen (secondary N) is 1. The quantitative estimate of drug-likeness (QED) is 0.664. The maximum atomic E-state index is 9.51. The summed E-state index contributed by atoms with van der Waals surface area (Å²) < 4.78 is 0. The number of phenolic OH excluding ortho intramolecular Hbond substituents is 1. The normalized spacial score (nSPS) is 19.7. The van der Waals surface area contributed by atoms with Crippen molar-refractivity contribution in [3.8, 4) is 5.75 Å². The molecule has 1 fully saturated rings. The van der Waals surface area contributed by atoms with Gasteiger partial charge in [-0.2, -0.15) is 0 Å². The number of hydrogen-bond acceptors (Lipinski definition) is 2. The molecule has 1 aliphatic heterocycles. The van der Waals surface area contributed by atoms with Gasteiger partial charge < -0.3 is 15.3 Å². The van der Waals surface area contributed by atoms with E-state index in [2.05, 4.69) is 44.8 Å². The average Bonchev–Trinajstić information content (AvgIpc) is 2.44. The zero-order chi connectivity index (χ0) is 16.4. The van der Waals surface area contributed by atoms with Gasteiger partial charge >= 0.3 is 0 Å². The Balaban J connectivity index is 2.02. The maximum Gasteiger partial charge on any atom is 0.194 e. The second kappa shape index (κ2) is 6.19. The molecule has 4 nitrogen and oxygen atoms in total. The number of aliphatic imine (C=N–C) groups is 1. The van der Waals surface area contributed by atoms with E-state index in [4.69, 9.17) is 4.99 Å². The molecule has 22 heavy (non-hydrogen) atoms. The van der Waals surface area contributed by atoms with E-state index in [9.17, 15) is 5.11 Å². The van der Waals surface area contributed by atoms with Crippen LogP contribution in [0.15, 0.2) is 29.3 Å². The third-order valence-corrected chi connectivity index (χ3v) is 5.05. The van der Waals surface area contributed by atoms with Gasteiger partial charge in [0.05, 0.1) is 0 Å². The first-order valence-electron chi connectivity index (χ1n) is 8.12. The van der Waals surface area contributed by atoms with E-state index in [0.29, 0.717) is 11.2 Å². The predicted molar refractivity (Wildman–Crippen MR) is 92.4 cm³/mol. The number of phenols is 1. The molecule has 2 rings (SSSR count). The Bertz CT molecular complexity index is 549. The van der Waals surface area contributed by atoms with Crippen LogP contribution < -0.4 is 5.32 Å². The van der Waals surface area contributed by atoms with Crippen LogP contribution in [0.25, 0.3) is 0 Å². The fraction of sp³-hybridized carbons (Fsp3) is 0.611. The molecule has 1 aliphatic rings. The van der Waals surface area contributed by atoms with Crippen LogP contribution in [0.1, 0.15) is 40.2 Å². The molecule has 4 heteroatoms. The standard InChI is InChI=1S/C18H29N3O/c1-6-19-16(21-13-17(2,3)18(21,4)5)20-11-10-14-8-7-9-15(22)12-14/h7-9,12,22H,6,10-11,13H2,1-5H3,(H,19,20). The number of benzene rings is 1. The van der Waals surface area contributed by atoms with Gasteiger partial charge in [-0.25, -0.2) is 0 Å². The Morgan fingerprint density at radius 2 is 2.05 bits per heavy atom. The molecule has 0 bridgehead atoms. The van der Waals surface area contributed by atoms with Gasteiger partial charge in [0, 0.05) is 30.6 Å². The fourth-order valence-electron chi connectivity index (χ4n) is 2.80. The van der Waals surface area contributed by atoms with Crippen LogP contribution in [0.3, 0.4) is 0 Å². The summed E-state index contributed by atoms with van der Waals surface area (Å²) in [7, 11) is 0. The highest BCUT2D eigenvalue weighted by molar-refractivity contribution is 5.82. The third-order valence-electron chi connectivity index (χ3n) is 5.05. The van der Waals surface area contributed by atoms with E-state index in [1.807, 2.05) is 12.1 Å². The zero-order valence-electron chi connectivity index (χ0n) is 14.5.